The van der Waals surface area contributed by atoms with Crippen molar-refractivity contribution in [3.63, 3.8) is 0 Å². The minimum atomic E-state index is -0.117. The predicted molar refractivity (Wildman–Crippen MR) is 93.4 cm³/mol. The Morgan fingerprint density at radius 2 is 2.04 bits per heavy atom. The number of methoxy groups -OCH3 is 1. The Bertz CT molecular complexity index is 752. The molecular weight excluding hydrogens is 430 g/mol. The molecule has 1 aromatic carbocycles. The molecule has 23 heavy (non-hydrogen) atoms. The van der Waals surface area contributed by atoms with Gasteiger partial charge in [-0.1, -0.05) is 0 Å². The summed E-state index contributed by atoms with van der Waals surface area (Å²) in [5.74, 6) is 1.81. The first-order chi connectivity index (χ1) is 10.9. The van der Waals surface area contributed by atoms with Crippen molar-refractivity contribution < 1.29 is 14.3 Å². The lowest BCUT2D eigenvalue weighted by atomic mass is 10.1. The topological polar surface area (TPSA) is 56.6 Å². The molecule has 0 saturated heterocycles. The van der Waals surface area contributed by atoms with Gasteiger partial charge in [0.05, 0.1) is 28.8 Å². The smallest absolute Gasteiger partial charge is 0.259 e. The minimum Gasteiger partial charge on any atom is -0.494 e. The van der Waals surface area contributed by atoms with Crippen molar-refractivity contribution in [1.29, 1.82) is 0 Å². The SMILES string of the molecule is COc1c(Br)cc(C(=O)N2CC(C)Oc3cnn(C)c32)cc1Br. The Morgan fingerprint density at radius 3 is 2.65 bits per heavy atom. The van der Waals surface area contributed by atoms with E-state index in [-0.39, 0.29) is 12.0 Å². The fraction of sp³-hybridized carbons (Fsp3) is 0.333. The van der Waals surface area contributed by atoms with Crippen LogP contribution >= 0.6 is 31.9 Å². The molecule has 2 heterocycles. The molecule has 0 saturated carbocycles. The molecule has 1 aromatic heterocycles. The lowest BCUT2D eigenvalue weighted by Gasteiger charge is -2.31. The summed E-state index contributed by atoms with van der Waals surface area (Å²) >= 11 is 6.87. The van der Waals surface area contributed by atoms with Crippen LogP contribution in [0.2, 0.25) is 0 Å². The summed E-state index contributed by atoms with van der Waals surface area (Å²) < 4.78 is 14.1. The number of halogens is 2. The van der Waals surface area contributed by atoms with Crippen LogP contribution in [-0.4, -0.2) is 35.4 Å². The Kier molecular flexibility index (Phi) is 4.37. The average Bonchev–Trinajstić information content (AvgIpc) is 2.86. The van der Waals surface area contributed by atoms with Crippen molar-refractivity contribution in [3.05, 3.63) is 32.8 Å². The van der Waals surface area contributed by atoms with Crippen LogP contribution < -0.4 is 14.4 Å². The summed E-state index contributed by atoms with van der Waals surface area (Å²) in [7, 11) is 3.37. The van der Waals surface area contributed by atoms with E-state index in [4.69, 9.17) is 9.47 Å². The van der Waals surface area contributed by atoms with E-state index in [1.54, 1.807) is 42.1 Å². The van der Waals surface area contributed by atoms with Crippen molar-refractivity contribution >= 4 is 43.6 Å². The molecule has 122 valence electrons. The largest absolute Gasteiger partial charge is 0.494 e. The van der Waals surface area contributed by atoms with Crippen LogP contribution in [0.1, 0.15) is 17.3 Å². The molecule has 0 radical (unpaired) electrons. The molecular formula is C15H15Br2N3O3. The molecule has 0 aliphatic carbocycles. The molecule has 0 fully saturated rings. The number of nitrogens with zero attached hydrogens (tertiary/aromatic N) is 3. The number of carbonyl (C=O) groups is 1. The van der Waals surface area contributed by atoms with Gasteiger partial charge < -0.3 is 9.47 Å². The van der Waals surface area contributed by atoms with E-state index in [9.17, 15) is 4.79 Å². The molecule has 1 amide bonds. The van der Waals surface area contributed by atoms with Gasteiger partial charge in [0.2, 0.25) is 0 Å². The monoisotopic (exact) mass is 443 g/mol. The van der Waals surface area contributed by atoms with E-state index < -0.39 is 0 Å². The number of rotatable bonds is 2. The molecule has 0 bridgehead atoms. The van der Waals surface area contributed by atoms with E-state index in [1.165, 1.54) is 0 Å². The predicted octanol–water partition coefficient (Wildman–Crippen LogP) is 3.38. The van der Waals surface area contributed by atoms with E-state index >= 15 is 0 Å². The number of benzene rings is 1. The Morgan fingerprint density at radius 1 is 1.39 bits per heavy atom. The molecule has 0 spiro atoms. The average molecular weight is 445 g/mol. The highest BCUT2D eigenvalue weighted by Crippen LogP contribution is 2.37. The number of fused-ring (bicyclic) bond motifs is 1. The Balaban J connectivity index is 2.03. The number of carbonyl (C=O) groups excluding carboxylic acids is 1. The summed E-state index contributed by atoms with van der Waals surface area (Å²) in [4.78, 5) is 14.7. The summed E-state index contributed by atoms with van der Waals surface area (Å²) in [6.07, 6.45) is 1.53. The number of anilines is 1. The summed E-state index contributed by atoms with van der Waals surface area (Å²) in [6, 6.07) is 3.50. The second-order valence-corrected chi connectivity index (χ2v) is 6.98. The van der Waals surface area contributed by atoms with E-state index in [2.05, 4.69) is 37.0 Å². The molecule has 6 nitrogen and oxygen atoms in total. The van der Waals surface area contributed by atoms with Crippen LogP contribution in [0.5, 0.6) is 11.5 Å². The summed E-state index contributed by atoms with van der Waals surface area (Å²) in [5.41, 5.74) is 0.547. The highest BCUT2D eigenvalue weighted by atomic mass is 79.9. The molecule has 3 rings (SSSR count). The van der Waals surface area contributed by atoms with Gasteiger partial charge in [0.1, 0.15) is 11.9 Å². The fourth-order valence-corrected chi connectivity index (χ4v) is 4.12. The van der Waals surface area contributed by atoms with E-state index in [1.807, 2.05) is 6.92 Å². The maximum Gasteiger partial charge on any atom is 0.259 e. The third-order valence-corrected chi connectivity index (χ3v) is 4.77. The van der Waals surface area contributed by atoms with Crippen LogP contribution in [-0.2, 0) is 7.05 Å². The number of amides is 1. The Labute approximate surface area is 150 Å². The number of ether oxygens (including phenoxy) is 2. The first kappa shape index (κ1) is 16.3. The van der Waals surface area contributed by atoms with Crippen molar-refractivity contribution in [2.24, 2.45) is 7.05 Å². The zero-order valence-corrected chi connectivity index (χ0v) is 16.0. The number of hydrogen-bond donors (Lipinski definition) is 0. The third kappa shape index (κ3) is 2.85. The standard InChI is InChI=1S/C15H15Br2N3O3/c1-8-7-20(14-12(23-8)6-18-19(14)2)15(21)9-4-10(16)13(22-3)11(17)5-9/h4-6,8H,7H2,1-3H3. The highest BCUT2D eigenvalue weighted by Gasteiger charge is 2.32. The first-order valence-corrected chi connectivity index (χ1v) is 8.54. The van der Waals surface area contributed by atoms with Gasteiger partial charge in [-0.05, 0) is 50.9 Å². The van der Waals surface area contributed by atoms with Crippen LogP contribution in [0.15, 0.2) is 27.3 Å². The van der Waals surface area contributed by atoms with Gasteiger partial charge in [0.25, 0.3) is 5.91 Å². The third-order valence-electron chi connectivity index (χ3n) is 3.59. The first-order valence-electron chi connectivity index (χ1n) is 6.96. The molecule has 8 heteroatoms. The maximum absolute atomic E-state index is 13.0. The molecule has 1 aliphatic heterocycles. The highest BCUT2D eigenvalue weighted by molar-refractivity contribution is 9.11. The van der Waals surface area contributed by atoms with Gasteiger partial charge in [-0.2, -0.15) is 5.10 Å². The minimum absolute atomic E-state index is 0.0965. The van der Waals surface area contributed by atoms with Crippen LogP contribution in [0.25, 0.3) is 0 Å². The molecule has 0 N–H and O–H groups in total. The van der Waals surface area contributed by atoms with Gasteiger partial charge in [0.15, 0.2) is 11.6 Å². The Hall–Kier alpha value is -1.54. The number of aromatic nitrogens is 2. The van der Waals surface area contributed by atoms with E-state index in [0.29, 0.717) is 38.4 Å². The van der Waals surface area contributed by atoms with Gasteiger partial charge in [-0.25, -0.2) is 4.68 Å². The normalized spacial score (nSPS) is 16.7. The van der Waals surface area contributed by atoms with Crippen molar-refractivity contribution in [1.82, 2.24) is 9.78 Å². The zero-order valence-electron chi connectivity index (χ0n) is 12.8. The van der Waals surface area contributed by atoms with E-state index in [0.717, 1.165) is 0 Å². The molecule has 2 aromatic rings. The number of hydrogen-bond acceptors (Lipinski definition) is 4. The lowest BCUT2D eigenvalue weighted by molar-refractivity contribution is 0.0958. The maximum atomic E-state index is 13.0. The zero-order chi connectivity index (χ0) is 16.7. The second kappa shape index (κ2) is 6.16. The van der Waals surface area contributed by atoms with Crippen molar-refractivity contribution in [2.45, 2.75) is 13.0 Å². The lowest BCUT2D eigenvalue weighted by Crippen LogP contribution is -2.43. The van der Waals surface area contributed by atoms with Crippen LogP contribution in [0.4, 0.5) is 5.82 Å². The summed E-state index contributed by atoms with van der Waals surface area (Å²) in [5, 5.41) is 4.18. The number of aryl methyl sites for hydroxylation is 1. The van der Waals surface area contributed by atoms with Gasteiger partial charge >= 0.3 is 0 Å². The van der Waals surface area contributed by atoms with Gasteiger partial charge in [-0.3, -0.25) is 9.69 Å². The van der Waals surface area contributed by atoms with Crippen molar-refractivity contribution in [3.8, 4) is 11.5 Å². The van der Waals surface area contributed by atoms with Crippen molar-refractivity contribution in [2.75, 3.05) is 18.6 Å². The molecule has 1 atom stereocenters. The van der Waals surface area contributed by atoms with Gasteiger partial charge in [-0.15, -0.1) is 0 Å². The molecule has 1 aliphatic rings. The van der Waals surface area contributed by atoms with Crippen LogP contribution in [0.3, 0.4) is 0 Å². The molecule has 1 unspecified atom stereocenters. The summed E-state index contributed by atoms with van der Waals surface area (Å²) in [6.45, 7) is 2.39. The fourth-order valence-electron chi connectivity index (χ4n) is 2.61. The van der Waals surface area contributed by atoms with Crippen LogP contribution in [0, 0.1) is 0 Å². The van der Waals surface area contributed by atoms with Gasteiger partial charge in [0, 0.05) is 12.6 Å². The quantitative estimate of drug-likeness (QED) is 0.712. The second-order valence-electron chi connectivity index (χ2n) is 5.27.